The number of carbonyl (C=O) groups excluding carboxylic acids is 3. The van der Waals surface area contributed by atoms with Crippen LogP contribution in [0.3, 0.4) is 0 Å². The van der Waals surface area contributed by atoms with E-state index in [1.807, 2.05) is 60.4 Å². The van der Waals surface area contributed by atoms with Gasteiger partial charge in [-0.05, 0) is 68.6 Å². The molecule has 3 saturated heterocycles. The quantitative estimate of drug-likeness (QED) is 0.447. The fraction of sp³-hybridized carbons (Fsp3) is 0.414. The van der Waals surface area contributed by atoms with Crippen LogP contribution in [0.15, 0.2) is 59.1 Å². The van der Waals surface area contributed by atoms with Gasteiger partial charge >= 0.3 is 6.03 Å². The van der Waals surface area contributed by atoms with Gasteiger partial charge < -0.3 is 25.6 Å². The molecule has 0 aliphatic carbocycles. The normalized spacial score (nSPS) is 25.8. The Hall–Kier alpha value is -3.21. The molecule has 6 rings (SSSR count). The predicted octanol–water partition coefficient (Wildman–Crippen LogP) is 3.93. The molecule has 11 heteroatoms. The van der Waals surface area contributed by atoms with Crippen LogP contribution in [-0.4, -0.2) is 65.7 Å². The summed E-state index contributed by atoms with van der Waals surface area (Å²) < 4.78 is 6.00. The second-order valence-corrected chi connectivity index (χ2v) is 12.0. The number of nitrogens with zero attached hydrogens (tertiary/aromatic N) is 2. The molecular formula is C29H32ClN5O4S. The summed E-state index contributed by atoms with van der Waals surface area (Å²) in [6.45, 7) is 3.83. The van der Waals surface area contributed by atoms with E-state index in [0.717, 1.165) is 42.8 Å². The molecule has 0 radical (unpaired) electrons. The molecule has 9 nitrogen and oxygen atoms in total. The predicted molar refractivity (Wildman–Crippen MR) is 155 cm³/mol. The number of anilines is 1. The maximum absolute atomic E-state index is 13.6. The van der Waals surface area contributed by atoms with E-state index in [0.29, 0.717) is 29.4 Å². The van der Waals surface area contributed by atoms with Gasteiger partial charge in [-0.2, -0.15) is 0 Å². The van der Waals surface area contributed by atoms with Gasteiger partial charge in [-0.25, -0.2) is 4.79 Å². The summed E-state index contributed by atoms with van der Waals surface area (Å²) in [5, 5.41) is 9.71. The van der Waals surface area contributed by atoms with E-state index in [1.165, 1.54) is 11.8 Å². The number of para-hydroxylation sites is 1. The summed E-state index contributed by atoms with van der Waals surface area (Å²) in [6.07, 6.45) is 2.37. The molecule has 4 aliphatic heterocycles. The van der Waals surface area contributed by atoms with E-state index in [-0.39, 0.29) is 47.1 Å². The second-order valence-electron chi connectivity index (χ2n) is 10.6. The molecule has 2 aromatic rings. The van der Waals surface area contributed by atoms with Crippen molar-refractivity contribution in [2.24, 2.45) is 5.92 Å². The van der Waals surface area contributed by atoms with Gasteiger partial charge in [0, 0.05) is 36.4 Å². The monoisotopic (exact) mass is 581 g/mol. The number of hydrogen-bond donors (Lipinski definition) is 3. The average Bonchev–Trinajstić information content (AvgIpc) is 3.33. The summed E-state index contributed by atoms with van der Waals surface area (Å²) in [6, 6.07) is 14.9. The van der Waals surface area contributed by atoms with Crippen molar-refractivity contribution >= 4 is 46.9 Å². The summed E-state index contributed by atoms with van der Waals surface area (Å²) in [5.41, 5.74) is 2.46. The molecule has 4 aliphatic rings. The number of thioether (sulfide) groups is 1. The molecule has 0 spiro atoms. The molecule has 0 saturated carbocycles. The van der Waals surface area contributed by atoms with E-state index < -0.39 is 0 Å². The highest BCUT2D eigenvalue weighted by Crippen LogP contribution is 2.48. The first-order valence-corrected chi connectivity index (χ1v) is 15.1. The van der Waals surface area contributed by atoms with E-state index in [4.69, 9.17) is 16.3 Å². The Morgan fingerprint density at radius 3 is 2.75 bits per heavy atom. The highest BCUT2D eigenvalue weighted by molar-refractivity contribution is 8.04. The van der Waals surface area contributed by atoms with Crippen LogP contribution in [0.5, 0.6) is 11.5 Å². The Morgan fingerprint density at radius 1 is 1.15 bits per heavy atom. The number of ether oxygens (including phenoxy) is 1. The number of nitrogens with one attached hydrogen (secondary N) is 3. The molecule has 4 heterocycles. The average molecular weight is 582 g/mol. The fourth-order valence-corrected chi connectivity index (χ4v) is 7.71. The minimum absolute atomic E-state index is 0.0146. The van der Waals surface area contributed by atoms with Gasteiger partial charge in [0.2, 0.25) is 5.91 Å². The molecule has 4 amide bonds. The van der Waals surface area contributed by atoms with Crippen molar-refractivity contribution in [1.29, 1.82) is 0 Å². The number of hydrogen-bond acceptors (Lipinski definition) is 6. The third-order valence-corrected chi connectivity index (χ3v) is 9.56. The molecule has 0 aromatic heterocycles. The number of piperidine rings is 2. The molecule has 2 aromatic carbocycles. The van der Waals surface area contributed by atoms with Crippen LogP contribution in [0, 0.1) is 12.8 Å². The maximum atomic E-state index is 13.6. The molecular weight excluding hydrogens is 550 g/mol. The van der Waals surface area contributed by atoms with Crippen LogP contribution in [0.1, 0.15) is 24.8 Å². The number of halogens is 1. The lowest BCUT2D eigenvalue weighted by molar-refractivity contribution is -0.130. The summed E-state index contributed by atoms with van der Waals surface area (Å²) in [7, 11) is 0. The lowest BCUT2D eigenvalue weighted by atomic mass is 9.86. The first kappa shape index (κ1) is 27.0. The van der Waals surface area contributed by atoms with Gasteiger partial charge in [-0.15, -0.1) is 11.6 Å². The van der Waals surface area contributed by atoms with Gasteiger partial charge in [-0.3, -0.25) is 14.5 Å². The first-order chi connectivity index (χ1) is 19.4. The zero-order chi connectivity index (χ0) is 27.8. The van der Waals surface area contributed by atoms with Gasteiger partial charge in [-0.1, -0.05) is 30.0 Å². The van der Waals surface area contributed by atoms with Crippen molar-refractivity contribution in [1.82, 2.24) is 20.9 Å². The van der Waals surface area contributed by atoms with Crippen LogP contribution >= 0.6 is 23.4 Å². The minimum atomic E-state index is -0.235. The lowest BCUT2D eigenvalue weighted by Crippen LogP contribution is -2.62. The zero-order valence-electron chi connectivity index (χ0n) is 22.2. The van der Waals surface area contributed by atoms with E-state index in [1.54, 1.807) is 4.90 Å². The Balaban J connectivity index is 1.21. The highest BCUT2D eigenvalue weighted by atomic mass is 35.5. The van der Waals surface area contributed by atoms with Crippen LogP contribution < -0.4 is 25.6 Å². The third kappa shape index (κ3) is 5.15. The number of urea groups is 1. The molecule has 3 fully saturated rings. The number of amides is 4. The number of carbonyl (C=O) groups is 3. The number of rotatable bonds is 6. The van der Waals surface area contributed by atoms with Crippen LogP contribution in [-0.2, 0) is 9.59 Å². The Morgan fingerprint density at radius 2 is 1.98 bits per heavy atom. The molecule has 0 bridgehead atoms. The van der Waals surface area contributed by atoms with Crippen molar-refractivity contribution in [3.8, 4) is 11.5 Å². The van der Waals surface area contributed by atoms with E-state index in [2.05, 4.69) is 16.0 Å². The van der Waals surface area contributed by atoms with Crippen LogP contribution in [0.2, 0.25) is 0 Å². The number of likely N-dealkylation sites (tertiary alicyclic amines) is 1. The van der Waals surface area contributed by atoms with Crippen LogP contribution in [0.4, 0.5) is 10.5 Å². The fourth-order valence-electron chi connectivity index (χ4n) is 6.15. The maximum Gasteiger partial charge on any atom is 0.326 e. The molecule has 4 atom stereocenters. The number of aryl methyl sites for hydroxylation is 1. The Bertz CT molecular complexity index is 1360. The smallest absolute Gasteiger partial charge is 0.326 e. The van der Waals surface area contributed by atoms with Crippen LogP contribution in [0.25, 0.3) is 0 Å². The Kier molecular flexibility index (Phi) is 7.65. The first-order valence-electron chi connectivity index (χ1n) is 13.7. The zero-order valence-corrected chi connectivity index (χ0v) is 23.8. The molecule has 210 valence electrons. The molecule has 3 N–H and O–H groups in total. The van der Waals surface area contributed by atoms with Crippen molar-refractivity contribution < 1.29 is 19.1 Å². The summed E-state index contributed by atoms with van der Waals surface area (Å²) >= 11 is 7.22. The number of alkyl halides is 1. The van der Waals surface area contributed by atoms with Crippen molar-refractivity contribution in [3.05, 3.63) is 64.7 Å². The van der Waals surface area contributed by atoms with Gasteiger partial charge in [0.25, 0.3) is 5.91 Å². The SMILES string of the molecule is Cc1cc(Oc2ccccc2)ccc1N1C(=O)NC2=C(C(=O)N[C@@H]3CCCN(C(=O)CCl)C3)SC3NCCC1C23. The minimum Gasteiger partial charge on any atom is -0.457 e. The molecule has 40 heavy (non-hydrogen) atoms. The second kappa shape index (κ2) is 11.3. The number of benzene rings is 2. The Labute approximate surface area is 242 Å². The van der Waals surface area contributed by atoms with Gasteiger partial charge in [0.15, 0.2) is 0 Å². The van der Waals surface area contributed by atoms with Crippen molar-refractivity contribution in [2.75, 3.05) is 30.4 Å². The topological polar surface area (TPSA) is 103 Å². The third-order valence-electron chi connectivity index (χ3n) is 7.98. The van der Waals surface area contributed by atoms with Crippen molar-refractivity contribution in [3.63, 3.8) is 0 Å². The van der Waals surface area contributed by atoms with Gasteiger partial charge in [0.1, 0.15) is 17.4 Å². The van der Waals surface area contributed by atoms with Crippen molar-refractivity contribution in [2.45, 2.75) is 43.6 Å². The summed E-state index contributed by atoms with van der Waals surface area (Å²) in [5.74, 6) is 1.03. The lowest BCUT2D eigenvalue weighted by Gasteiger charge is -2.46. The largest absolute Gasteiger partial charge is 0.457 e. The standard InChI is InChI=1S/C29H32ClN5O4S/c1-17-14-20(39-19-7-3-2-4-8-19)9-10-21(17)35-22-11-12-31-28-24(22)25(33-29(35)38)26(40-28)27(37)32-18-6-5-13-34(16-18)23(36)15-30/h2-4,7-10,14,18,22,24,28,31H,5-6,11-13,15-16H2,1H3,(H,32,37)(H,33,38)/t18-,22?,24?,28?/m1/s1. The van der Waals surface area contributed by atoms with E-state index in [9.17, 15) is 14.4 Å². The summed E-state index contributed by atoms with van der Waals surface area (Å²) in [4.78, 5) is 43.3. The van der Waals surface area contributed by atoms with Gasteiger partial charge in [0.05, 0.1) is 16.3 Å². The highest BCUT2D eigenvalue weighted by Gasteiger charge is 2.52. The molecule has 3 unspecified atom stereocenters. The van der Waals surface area contributed by atoms with E-state index >= 15 is 0 Å².